The van der Waals surface area contributed by atoms with Gasteiger partial charge in [-0.15, -0.1) is 0 Å². The minimum Gasteiger partial charge on any atom is -0.396 e. The molecule has 0 bridgehead atoms. The van der Waals surface area contributed by atoms with Crippen LogP contribution in [-0.4, -0.2) is 49.1 Å². The van der Waals surface area contributed by atoms with E-state index in [0.717, 1.165) is 19.4 Å². The predicted molar refractivity (Wildman–Crippen MR) is 81.6 cm³/mol. The molecule has 1 aliphatic heterocycles. The molecule has 0 saturated carbocycles. The van der Waals surface area contributed by atoms with Crippen molar-refractivity contribution in [2.45, 2.75) is 31.1 Å². The molecular formula is C14H23N3O3S. The van der Waals surface area contributed by atoms with E-state index in [4.69, 9.17) is 5.11 Å². The molecule has 0 spiro atoms. The molecule has 1 fully saturated rings. The topological polar surface area (TPSA) is 82.5 Å². The molecule has 1 aromatic rings. The van der Waals surface area contributed by atoms with Gasteiger partial charge in [0.2, 0.25) is 10.0 Å². The molecule has 0 aliphatic carbocycles. The number of hydrogen-bond donors (Lipinski definition) is 2. The van der Waals surface area contributed by atoms with E-state index in [2.05, 4.69) is 10.3 Å². The Bertz CT molecular complexity index is 543. The summed E-state index contributed by atoms with van der Waals surface area (Å²) in [5, 5.41) is 12.1. The predicted octanol–water partition coefficient (Wildman–Crippen LogP) is 1.30. The van der Waals surface area contributed by atoms with Crippen molar-refractivity contribution in [3.8, 4) is 0 Å². The minimum absolute atomic E-state index is 0.109. The maximum Gasteiger partial charge on any atom is 0.244 e. The molecule has 1 atom stereocenters. The molecule has 21 heavy (non-hydrogen) atoms. The van der Waals surface area contributed by atoms with Crippen molar-refractivity contribution in [1.29, 1.82) is 0 Å². The number of aromatic nitrogens is 1. The van der Waals surface area contributed by atoms with Gasteiger partial charge in [-0.3, -0.25) is 0 Å². The molecule has 0 amide bonds. The average molecular weight is 313 g/mol. The highest BCUT2D eigenvalue weighted by atomic mass is 32.2. The van der Waals surface area contributed by atoms with Crippen molar-refractivity contribution in [2.24, 2.45) is 5.92 Å². The second-order valence-electron chi connectivity index (χ2n) is 5.29. The Morgan fingerprint density at radius 3 is 2.90 bits per heavy atom. The van der Waals surface area contributed by atoms with Crippen molar-refractivity contribution in [1.82, 2.24) is 9.29 Å². The highest BCUT2D eigenvalue weighted by molar-refractivity contribution is 7.89. The van der Waals surface area contributed by atoms with Gasteiger partial charge in [-0.25, -0.2) is 13.4 Å². The first kappa shape index (κ1) is 16.2. The zero-order valence-corrected chi connectivity index (χ0v) is 13.1. The lowest BCUT2D eigenvalue weighted by Crippen LogP contribution is -2.40. The molecule has 2 N–H and O–H groups in total. The van der Waals surface area contributed by atoms with Crippen LogP contribution in [0.15, 0.2) is 23.2 Å². The molecule has 2 rings (SSSR count). The molecule has 1 unspecified atom stereocenters. The van der Waals surface area contributed by atoms with Gasteiger partial charge in [0.05, 0.1) is 0 Å². The Morgan fingerprint density at radius 1 is 1.48 bits per heavy atom. The SMILES string of the molecule is CCNc1ccc(S(=O)(=O)N2CCCC(CCO)C2)cn1. The number of piperidine rings is 1. The Morgan fingerprint density at radius 2 is 2.29 bits per heavy atom. The Kier molecular flexibility index (Phi) is 5.55. The Hall–Kier alpha value is -1.18. The summed E-state index contributed by atoms with van der Waals surface area (Å²) in [4.78, 5) is 4.36. The van der Waals surface area contributed by atoms with Crippen molar-refractivity contribution >= 4 is 15.8 Å². The monoisotopic (exact) mass is 313 g/mol. The summed E-state index contributed by atoms with van der Waals surface area (Å²) in [7, 11) is -3.48. The van der Waals surface area contributed by atoms with E-state index in [9.17, 15) is 8.42 Å². The van der Waals surface area contributed by atoms with E-state index in [1.807, 2.05) is 6.92 Å². The lowest BCUT2D eigenvalue weighted by molar-refractivity contribution is 0.203. The number of sulfonamides is 1. The summed E-state index contributed by atoms with van der Waals surface area (Å²) in [6.45, 7) is 3.84. The van der Waals surface area contributed by atoms with Gasteiger partial charge < -0.3 is 10.4 Å². The number of nitrogens with zero attached hydrogens (tertiary/aromatic N) is 2. The summed E-state index contributed by atoms with van der Waals surface area (Å²) in [6, 6.07) is 3.28. The normalized spacial score (nSPS) is 20.4. The molecule has 0 radical (unpaired) electrons. The maximum absolute atomic E-state index is 12.6. The third-order valence-corrected chi connectivity index (χ3v) is 5.60. The second-order valence-corrected chi connectivity index (χ2v) is 7.23. The first-order chi connectivity index (χ1) is 10.1. The third-order valence-electron chi connectivity index (χ3n) is 3.75. The van der Waals surface area contributed by atoms with E-state index in [1.165, 1.54) is 10.5 Å². The third kappa shape index (κ3) is 3.93. The maximum atomic E-state index is 12.6. The van der Waals surface area contributed by atoms with Crippen LogP contribution < -0.4 is 5.32 Å². The standard InChI is InChI=1S/C14H23N3O3S/c1-2-15-14-6-5-13(10-16-14)21(19,20)17-8-3-4-12(11-17)7-9-18/h5-6,10,12,18H,2-4,7-9,11H2,1H3,(H,15,16). The van der Waals surface area contributed by atoms with Crippen LogP contribution in [0.3, 0.4) is 0 Å². The first-order valence-corrected chi connectivity index (χ1v) is 8.83. The van der Waals surface area contributed by atoms with E-state index in [0.29, 0.717) is 25.3 Å². The summed E-state index contributed by atoms with van der Waals surface area (Å²) in [6.07, 6.45) is 3.88. The van der Waals surface area contributed by atoms with E-state index in [1.54, 1.807) is 12.1 Å². The number of aliphatic hydroxyl groups is 1. The van der Waals surface area contributed by atoms with Gasteiger partial charge in [0.15, 0.2) is 0 Å². The van der Waals surface area contributed by atoms with Crippen LogP contribution in [0.1, 0.15) is 26.2 Å². The second kappa shape index (κ2) is 7.20. The van der Waals surface area contributed by atoms with Crippen molar-refractivity contribution in [3.05, 3.63) is 18.3 Å². The van der Waals surface area contributed by atoms with E-state index in [-0.39, 0.29) is 17.4 Å². The van der Waals surface area contributed by atoms with Crippen LogP contribution in [-0.2, 0) is 10.0 Å². The van der Waals surface area contributed by atoms with Crippen LogP contribution in [0.4, 0.5) is 5.82 Å². The number of nitrogens with one attached hydrogen (secondary N) is 1. The molecule has 2 heterocycles. The zero-order valence-electron chi connectivity index (χ0n) is 12.3. The van der Waals surface area contributed by atoms with Crippen LogP contribution in [0.25, 0.3) is 0 Å². The first-order valence-electron chi connectivity index (χ1n) is 7.39. The van der Waals surface area contributed by atoms with Crippen LogP contribution in [0.5, 0.6) is 0 Å². The molecule has 118 valence electrons. The fourth-order valence-corrected chi connectivity index (χ4v) is 4.13. The van der Waals surface area contributed by atoms with Gasteiger partial charge in [-0.2, -0.15) is 4.31 Å². The molecule has 1 aromatic heterocycles. The van der Waals surface area contributed by atoms with Gasteiger partial charge >= 0.3 is 0 Å². The van der Waals surface area contributed by atoms with Crippen molar-refractivity contribution in [3.63, 3.8) is 0 Å². The van der Waals surface area contributed by atoms with Crippen LogP contribution >= 0.6 is 0 Å². The van der Waals surface area contributed by atoms with Gasteiger partial charge in [0.25, 0.3) is 0 Å². The number of rotatable bonds is 6. The van der Waals surface area contributed by atoms with E-state index >= 15 is 0 Å². The molecule has 7 heteroatoms. The fourth-order valence-electron chi connectivity index (χ4n) is 2.63. The smallest absolute Gasteiger partial charge is 0.244 e. The zero-order chi connectivity index (χ0) is 15.3. The summed E-state index contributed by atoms with van der Waals surface area (Å²) < 4.78 is 26.7. The highest BCUT2D eigenvalue weighted by Crippen LogP contribution is 2.25. The number of hydrogen-bond acceptors (Lipinski definition) is 5. The summed E-state index contributed by atoms with van der Waals surface area (Å²) in [5.74, 6) is 0.917. The van der Waals surface area contributed by atoms with Crippen molar-refractivity contribution < 1.29 is 13.5 Å². The van der Waals surface area contributed by atoms with Crippen LogP contribution in [0, 0.1) is 5.92 Å². The molecule has 0 aromatic carbocycles. The largest absolute Gasteiger partial charge is 0.396 e. The number of anilines is 1. The number of pyridine rings is 1. The molecule has 1 aliphatic rings. The Labute approximate surface area is 126 Å². The summed E-state index contributed by atoms with van der Waals surface area (Å²) in [5.41, 5.74) is 0. The van der Waals surface area contributed by atoms with E-state index < -0.39 is 10.0 Å². The molecular weight excluding hydrogens is 290 g/mol. The van der Waals surface area contributed by atoms with Gasteiger partial charge in [-0.1, -0.05) is 0 Å². The van der Waals surface area contributed by atoms with Crippen LogP contribution in [0.2, 0.25) is 0 Å². The minimum atomic E-state index is -3.48. The quantitative estimate of drug-likeness (QED) is 0.827. The van der Waals surface area contributed by atoms with Crippen molar-refractivity contribution in [2.75, 3.05) is 31.6 Å². The van der Waals surface area contributed by atoms with Gasteiger partial charge in [-0.05, 0) is 44.2 Å². The lowest BCUT2D eigenvalue weighted by Gasteiger charge is -2.31. The fraction of sp³-hybridized carbons (Fsp3) is 0.643. The average Bonchev–Trinajstić information content (AvgIpc) is 2.49. The highest BCUT2D eigenvalue weighted by Gasteiger charge is 2.30. The van der Waals surface area contributed by atoms with Gasteiger partial charge in [0, 0.05) is 32.4 Å². The number of aliphatic hydroxyl groups excluding tert-OH is 1. The summed E-state index contributed by atoms with van der Waals surface area (Å²) >= 11 is 0. The molecule has 6 nitrogen and oxygen atoms in total. The van der Waals surface area contributed by atoms with Gasteiger partial charge in [0.1, 0.15) is 10.7 Å². The lowest BCUT2D eigenvalue weighted by atomic mass is 9.97. The molecule has 1 saturated heterocycles. The Balaban J connectivity index is 2.13.